The first-order valence-electron chi connectivity index (χ1n) is 11.2. The lowest BCUT2D eigenvalue weighted by Gasteiger charge is -2.34. The number of rotatable bonds is 8. The van der Waals surface area contributed by atoms with E-state index in [1.807, 2.05) is 35.2 Å². The van der Waals surface area contributed by atoms with Crippen molar-refractivity contribution in [2.75, 3.05) is 32.7 Å². The highest BCUT2D eigenvalue weighted by Crippen LogP contribution is 2.24. The molecule has 7 nitrogen and oxygen atoms in total. The van der Waals surface area contributed by atoms with Crippen molar-refractivity contribution in [3.8, 4) is 11.3 Å². The number of nitrogens with zero attached hydrogens (tertiary/aromatic N) is 3. The normalized spacial score (nSPS) is 14.2. The summed E-state index contributed by atoms with van der Waals surface area (Å²) in [7, 11) is 0. The van der Waals surface area contributed by atoms with Crippen LogP contribution in [0.5, 0.6) is 0 Å². The summed E-state index contributed by atoms with van der Waals surface area (Å²) in [6.07, 6.45) is 1.87. The van der Waals surface area contributed by atoms with Gasteiger partial charge in [-0.15, -0.1) is 0 Å². The molecule has 0 radical (unpaired) electrons. The molecule has 0 saturated carbocycles. The predicted octanol–water partition coefficient (Wildman–Crippen LogP) is 3.01. The molecule has 1 aromatic heterocycles. The van der Waals surface area contributed by atoms with Crippen LogP contribution in [-0.2, 0) is 22.6 Å². The molecule has 0 atom stereocenters. The van der Waals surface area contributed by atoms with Crippen LogP contribution in [0, 0.1) is 11.6 Å². The first-order chi connectivity index (χ1) is 16.5. The van der Waals surface area contributed by atoms with Gasteiger partial charge in [0.1, 0.15) is 11.6 Å². The summed E-state index contributed by atoms with van der Waals surface area (Å²) >= 11 is 0. The molecule has 0 aliphatic carbocycles. The van der Waals surface area contributed by atoms with E-state index in [0.29, 0.717) is 45.2 Å². The summed E-state index contributed by atoms with van der Waals surface area (Å²) in [5.41, 5.74) is 1.17. The van der Waals surface area contributed by atoms with Crippen molar-refractivity contribution in [1.29, 1.82) is 0 Å². The molecule has 2 amide bonds. The Morgan fingerprint density at radius 1 is 1.03 bits per heavy atom. The highest BCUT2D eigenvalue weighted by molar-refractivity contribution is 5.78. The predicted molar refractivity (Wildman–Crippen MR) is 121 cm³/mol. The second-order valence-electron chi connectivity index (χ2n) is 8.16. The molecule has 1 saturated heterocycles. The van der Waals surface area contributed by atoms with Crippen LogP contribution in [0.1, 0.15) is 17.9 Å². The number of aromatic nitrogens is 1. The highest BCUT2D eigenvalue weighted by Gasteiger charge is 2.23. The zero-order valence-electron chi connectivity index (χ0n) is 18.7. The summed E-state index contributed by atoms with van der Waals surface area (Å²) in [6.45, 7) is 3.13. The standard InChI is InChI=1S/C25H26F2N4O3/c26-19-6-7-20(21(27)14-19)22-16-29-24(34-22)8-9-25(33)31-12-10-30(11-13-31)17-23(32)28-15-18-4-2-1-3-5-18/h1-7,14,16H,8-13,15,17H2,(H,28,32). The topological polar surface area (TPSA) is 78.7 Å². The maximum Gasteiger partial charge on any atom is 0.234 e. The molecular formula is C25H26F2N4O3. The van der Waals surface area contributed by atoms with Crippen LogP contribution >= 0.6 is 0 Å². The van der Waals surface area contributed by atoms with Crippen LogP contribution in [0.3, 0.4) is 0 Å². The van der Waals surface area contributed by atoms with Gasteiger partial charge in [0.05, 0.1) is 18.3 Å². The van der Waals surface area contributed by atoms with Crippen molar-refractivity contribution in [1.82, 2.24) is 20.1 Å². The number of amides is 2. The van der Waals surface area contributed by atoms with Crippen LogP contribution < -0.4 is 5.32 Å². The molecular weight excluding hydrogens is 442 g/mol. The second kappa shape index (κ2) is 11.0. The molecule has 34 heavy (non-hydrogen) atoms. The lowest BCUT2D eigenvalue weighted by Crippen LogP contribution is -2.51. The van der Waals surface area contributed by atoms with E-state index in [1.165, 1.54) is 12.3 Å². The number of nitrogens with one attached hydrogen (secondary N) is 1. The van der Waals surface area contributed by atoms with Crippen molar-refractivity contribution in [2.24, 2.45) is 0 Å². The molecule has 1 aliphatic heterocycles. The molecule has 2 heterocycles. The number of oxazole rings is 1. The van der Waals surface area contributed by atoms with E-state index in [9.17, 15) is 18.4 Å². The summed E-state index contributed by atoms with van der Waals surface area (Å²) in [4.78, 5) is 32.7. The molecule has 3 aromatic rings. The summed E-state index contributed by atoms with van der Waals surface area (Å²) < 4.78 is 32.6. The lowest BCUT2D eigenvalue weighted by atomic mass is 10.2. The Labute approximate surface area is 196 Å². The fourth-order valence-corrected chi connectivity index (χ4v) is 3.82. The number of benzene rings is 2. The van der Waals surface area contributed by atoms with Crippen molar-refractivity contribution < 1.29 is 22.8 Å². The van der Waals surface area contributed by atoms with Gasteiger partial charge in [0.15, 0.2) is 11.7 Å². The summed E-state index contributed by atoms with van der Waals surface area (Å²) in [5.74, 6) is -0.952. The molecule has 4 rings (SSSR count). The minimum atomic E-state index is -0.731. The van der Waals surface area contributed by atoms with Gasteiger partial charge in [0.2, 0.25) is 11.8 Å². The van der Waals surface area contributed by atoms with E-state index in [4.69, 9.17) is 4.42 Å². The Bertz CT molecular complexity index is 1130. The maximum absolute atomic E-state index is 13.9. The summed E-state index contributed by atoms with van der Waals surface area (Å²) in [5, 5.41) is 2.92. The summed E-state index contributed by atoms with van der Waals surface area (Å²) in [6, 6.07) is 13.0. The van der Waals surface area contributed by atoms with Gasteiger partial charge in [0, 0.05) is 51.6 Å². The van der Waals surface area contributed by atoms with Gasteiger partial charge in [-0.3, -0.25) is 14.5 Å². The molecule has 1 fully saturated rings. The van der Waals surface area contributed by atoms with Gasteiger partial charge < -0.3 is 14.6 Å². The zero-order chi connectivity index (χ0) is 23.9. The van der Waals surface area contributed by atoms with Crippen LogP contribution in [-0.4, -0.2) is 59.3 Å². The number of carbonyl (C=O) groups excluding carboxylic acids is 2. The molecule has 0 unspecified atom stereocenters. The second-order valence-corrected chi connectivity index (χ2v) is 8.16. The fourth-order valence-electron chi connectivity index (χ4n) is 3.82. The Kier molecular flexibility index (Phi) is 7.64. The maximum atomic E-state index is 13.9. The van der Waals surface area contributed by atoms with Crippen molar-refractivity contribution in [3.63, 3.8) is 0 Å². The minimum absolute atomic E-state index is 0.0270. The number of aryl methyl sites for hydroxylation is 1. The SMILES string of the molecule is O=C(CN1CCN(C(=O)CCc2ncc(-c3ccc(F)cc3F)o2)CC1)NCc1ccccc1. The third-order valence-electron chi connectivity index (χ3n) is 5.73. The number of hydrogen-bond donors (Lipinski definition) is 1. The average molecular weight is 469 g/mol. The third kappa shape index (κ3) is 6.26. The van der Waals surface area contributed by atoms with E-state index in [0.717, 1.165) is 17.7 Å². The number of piperazine rings is 1. The first-order valence-corrected chi connectivity index (χ1v) is 11.2. The monoisotopic (exact) mass is 468 g/mol. The van der Waals surface area contributed by atoms with E-state index in [-0.39, 0.29) is 36.0 Å². The highest BCUT2D eigenvalue weighted by atomic mass is 19.1. The van der Waals surface area contributed by atoms with Gasteiger partial charge >= 0.3 is 0 Å². The van der Waals surface area contributed by atoms with E-state index >= 15 is 0 Å². The quantitative estimate of drug-likeness (QED) is 0.550. The average Bonchev–Trinajstić information content (AvgIpc) is 3.31. The van der Waals surface area contributed by atoms with E-state index in [2.05, 4.69) is 10.3 Å². The number of carbonyl (C=O) groups is 2. The minimum Gasteiger partial charge on any atom is -0.441 e. The molecule has 2 aromatic carbocycles. The Morgan fingerprint density at radius 3 is 2.53 bits per heavy atom. The smallest absolute Gasteiger partial charge is 0.234 e. The Hall–Kier alpha value is -3.59. The Morgan fingerprint density at radius 2 is 1.79 bits per heavy atom. The molecule has 178 valence electrons. The molecule has 9 heteroatoms. The van der Waals surface area contributed by atoms with Crippen LogP contribution in [0.15, 0.2) is 59.1 Å². The van der Waals surface area contributed by atoms with Gasteiger partial charge in [-0.05, 0) is 17.7 Å². The lowest BCUT2D eigenvalue weighted by molar-refractivity contribution is -0.133. The van der Waals surface area contributed by atoms with Crippen LogP contribution in [0.25, 0.3) is 11.3 Å². The molecule has 1 aliphatic rings. The van der Waals surface area contributed by atoms with E-state index < -0.39 is 11.6 Å². The molecule has 0 bridgehead atoms. The van der Waals surface area contributed by atoms with Crippen molar-refractivity contribution >= 4 is 11.8 Å². The molecule has 0 spiro atoms. The van der Waals surface area contributed by atoms with Crippen LogP contribution in [0.2, 0.25) is 0 Å². The fraction of sp³-hybridized carbons (Fsp3) is 0.320. The largest absolute Gasteiger partial charge is 0.441 e. The van der Waals surface area contributed by atoms with Gasteiger partial charge in [0.25, 0.3) is 0 Å². The van der Waals surface area contributed by atoms with Gasteiger partial charge in [-0.25, -0.2) is 13.8 Å². The van der Waals surface area contributed by atoms with Gasteiger partial charge in [-0.1, -0.05) is 30.3 Å². The van der Waals surface area contributed by atoms with Crippen molar-refractivity contribution in [2.45, 2.75) is 19.4 Å². The van der Waals surface area contributed by atoms with E-state index in [1.54, 1.807) is 4.90 Å². The van der Waals surface area contributed by atoms with Crippen molar-refractivity contribution in [3.05, 3.63) is 77.8 Å². The Balaban J connectivity index is 1.18. The zero-order valence-corrected chi connectivity index (χ0v) is 18.7. The van der Waals surface area contributed by atoms with Gasteiger partial charge in [-0.2, -0.15) is 0 Å². The van der Waals surface area contributed by atoms with Crippen LogP contribution in [0.4, 0.5) is 8.78 Å². The first kappa shape index (κ1) is 23.6. The third-order valence-corrected chi connectivity index (χ3v) is 5.73. The number of halogens is 2. The molecule has 1 N–H and O–H groups in total. The number of hydrogen-bond acceptors (Lipinski definition) is 5.